The molecule has 3 heterocycles. The molecule has 0 fully saturated rings. The number of aryl methyl sites for hydroxylation is 2. The number of rotatable bonds is 6. The van der Waals surface area contributed by atoms with Gasteiger partial charge in [0.2, 0.25) is 17.6 Å². The van der Waals surface area contributed by atoms with Crippen LogP contribution in [0, 0.1) is 6.92 Å². The number of aromatic nitrogens is 6. The average Bonchev–Trinajstić information content (AvgIpc) is 3.28. The lowest BCUT2D eigenvalue weighted by Crippen LogP contribution is -2.23. The van der Waals surface area contributed by atoms with Gasteiger partial charge in [0, 0.05) is 13.5 Å². The highest BCUT2D eigenvalue weighted by atomic mass is 32.2. The maximum atomic E-state index is 12.9. The van der Waals surface area contributed by atoms with E-state index in [1.54, 1.807) is 11.5 Å². The van der Waals surface area contributed by atoms with Crippen LogP contribution in [0.1, 0.15) is 43.7 Å². The molecule has 8 nitrogen and oxygen atoms in total. The van der Waals surface area contributed by atoms with Crippen molar-refractivity contribution in [3.63, 3.8) is 0 Å². The Balaban J connectivity index is 1.87. The summed E-state index contributed by atoms with van der Waals surface area (Å²) in [5.41, 5.74) is 0.766. The van der Waals surface area contributed by atoms with Crippen LogP contribution < -0.4 is 5.56 Å². The van der Waals surface area contributed by atoms with Gasteiger partial charge in [-0.25, -0.2) is 0 Å². The summed E-state index contributed by atoms with van der Waals surface area (Å²) in [7, 11) is 0. The molecule has 1 unspecified atom stereocenters. The molecule has 0 N–H and O–H groups in total. The van der Waals surface area contributed by atoms with Crippen LogP contribution >= 0.6 is 11.8 Å². The predicted octanol–water partition coefficient (Wildman–Crippen LogP) is 3.39. The Kier molecular flexibility index (Phi) is 4.69. The molecule has 4 aromatic rings. The van der Waals surface area contributed by atoms with Gasteiger partial charge in [-0.2, -0.15) is 0 Å². The fourth-order valence-electron chi connectivity index (χ4n) is 3.01. The highest BCUT2D eigenvalue weighted by molar-refractivity contribution is 7.99. The highest BCUT2D eigenvalue weighted by Crippen LogP contribution is 2.34. The fraction of sp³-hybridized carbons (Fsp3) is 0.389. The fourth-order valence-corrected chi connectivity index (χ4v) is 3.90. The first kappa shape index (κ1) is 17.7. The molecule has 0 saturated heterocycles. The summed E-state index contributed by atoms with van der Waals surface area (Å²) in [6, 6.07) is 7.55. The first-order chi connectivity index (χ1) is 13.1. The Labute approximate surface area is 159 Å². The van der Waals surface area contributed by atoms with Crippen molar-refractivity contribution in [2.75, 3.05) is 0 Å². The Morgan fingerprint density at radius 1 is 1.19 bits per heavy atom. The third-order valence-corrected chi connectivity index (χ3v) is 5.42. The smallest absolute Gasteiger partial charge is 0.262 e. The van der Waals surface area contributed by atoms with Crippen molar-refractivity contribution in [3.8, 4) is 0 Å². The second-order valence-corrected chi connectivity index (χ2v) is 7.67. The van der Waals surface area contributed by atoms with E-state index >= 15 is 0 Å². The molecule has 0 aliphatic heterocycles. The minimum Gasteiger partial charge on any atom is -0.424 e. The number of fused-ring (bicyclic) bond motifs is 3. The van der Waals surface area contributed by atoms with Gasteiger partial charge >= 0.3 is 0 Å². The van der Waals surface area contributed by atoms with Crippen molar-refractivity contribution < 1.29 is 4.42 Å². The molecule has 0 aliphatic carbocycles. The molecule has 0 aliphatic rings. The van der Waals surface area contributed by atoms with Gasteiger partial charge in [0.15, 0.2) is 5.16 Å². The summed E-state index contributed by atoms with van der Waals surface area (Å²) in [6.07, 6.45) is 1.90. The summed E-state index contributed by atoms with van der Waals surface area (Å²) in [6.45, 7) is 6.46. The molecule has 0 bridgehead atoms. The molecular weight excluding hydrogens is 364 g/mol. The van der Waals surface area contributed by atoms with Crippen LogP contribution in [0.25, 0.3) is 16.7 Å². The van der Waals surface area contributed by atoms with Crippen molar-refractivity contribution >= 4 is 28.4 Å². The summed E-state index contributed by atoms with van der Waals surface area (Å²) in [4.78, 5) is 12.9. The van der Waals surface area contributed by atoms with Gasteiger partial charge in [-0.1, -0.05) is 37.2 Å². The number of benzene rings is 1. The maximum Gasteiger partial charge on any atom is 0.262 e. The monoisotopic (exact) mass is 384 g/mol. The van der Waals surface area contributed by atoms with E-state index in [2.05, 4.69) is 27.3 Å². The number of unbranched alkanes of at least 4 members (excludes halogenated alkanes) is 1. The van der Waals surface area contributed by atoms with Crippen LogP contribution in [0.15, 0.2) is 38.6 Å². The molecule has 0 radical (unpaired) electrons. The molecule has 140 valence electrons. The van der Waals surface area contributed by atoms with Crippen LogP contribution in [-0.2, 0) is 6.54 Å². The molecule has 0 saturated carbocycles. The zero-order valence-electron chi connectivity index (χ0n) is 15.4. The standard InChI is InChI=1S/C18H20N6O2S/c1-4-5-10-23-16(25)13-8-6-7-9-14(13)24-17(23)21-22-18(24)27-11(2)15-20-19-12(3)26-15/h6-9,11H,4-5,10H2,1-3H3. The minimum absolute atomic E-state index is 0.0314. The zero-order chi connectivity index (χ0) is 19.0. The van der Waals surface area contributed by atoms with E-state index in [1.807, 2.05) is 35.6 Å². The van der Waals surface area contributed by atoms with Crippen LogP contribution in [0.4, 0.5) is 0 Å². The Hall–Kier alpha value is -2.68. The number of hydrogen-bond acceptors (Lipinski definition) is 7. The first-order valence-corrected chi connectivity index (χ1v) is 9.81. The van der Waals surface area contributed by atoms with Gasteiger partial charge < -0.3 is 4.42 Å². The van der Waals surface area contributed by atoms with E-state index in [1.165, 1.54) is 11.8 Å². The molecule has 0 spiro atoms. The number of para-hydroxylation sites is 1. The zero-order valence-corrected chi connectivity index (χ0v) is 16.2. The van der Waals surface area contributed by atoms with Gasteiger partial charge in [-0.15, -0.1) is 20.4 Å². The van der Waals surface area contributed by atoms with Crippen LogP contribution in [0.3, 0.4) is 0 Å². The maximum absolute atomic E-state index is 12.9. The lowest BCUT2D eigenvalue weighted by molar-refractivity contribution is 0.470. The van der Waals surface area contributed by atoms with Crippen molar-refractivity contribution in [2.24, 2.45) is 0 Å². The highest BCUT2D eigenvalue weighted by Gasteiger charge is 2.21. The largest absolute Gasteiger partial charge is 0.424 e. The topological polar surface area (TPSA) is 91.1 Å². The van der Waals surface area contributed by atoms with Crippen LogP contribution in [0.5, 0.6) is 0 Å². The lowest BCUT2D eigenvalue weighted by atomic mass is 10.2. The number of hydrogen-bond donors (Lipinski definition) is 0. The van der Waals surface area contributed by atoms with Gasteiger partial charge in [-0.3, -0.25) is 13.8 Å². The van der Waals surface area contributed by atoms with Crippen LogP contribution in [-0.4, -0.2) is 29.4 Å². The SMILES string of the molecule is CCCCn1c(=O)c2ccccc2n2c(SC(C)c3nnc(C)o3)nnc12. The molecule has 3 aromatic heterocycles. The van der Waals surface area contributed by atoms with Gasteiger partial charge in [-0.05, 0) is 25.5 Å². The number of thioether (sulfide) groups is 1. The predicted molar refractivity (Wildman–Crippen MR) is 103 cm³/mol. The summed E-state index contributed by atoms with van der Waals surface area (Å²) >= 11 is 1.48. The Morgan fingerprint density at radius 3 is 2.74 bits per heavy atom. The third-order valence-electron chi connectivity index (χ3n) is 4.39. The molecular formula is C18H20N6O2S. The van der Waals surface area contributed by atoms with E-state index in [4.69, 9.17) is 4.42 Å². The van der Waals surface area contributed by atoms with Crippen molar-refractivity contribution in [3.05, 3.63) is 46.4 Å². The average molecular weight is 384 g/mol. The summed E-state index contributed by atoms with van der Waals surface area (Å²) in [5, 5.41) is 17.9. The molecule has 0 amide bonds. The third kappa shape index (κ3) is 3.12. The quantitative estimate of drug-likeness (QED) is 0.471. The van der Waals surface area contributed by atoms with Crippen molar-refractivity contribution in [2.45, 2.75) is 50.6 Å². The Morgan fingerprint density at radius 2 is 2.00 bits per heavy atom. The summed E-state index contributed by atoms with van der Waals surface area (Å²) in [5.74, 6) is 1.63. The lowest BCUT2D eigenvalue weighted by Gasteiger charge is -2.11. The van der Waals surface area contributed by atoms with E-state index < -0.39 is 0 Å². The second kappa shape index (κ2) is 7.15. The second-order valence-electron chi connectivity index (χ2n) is 6.36. The van der Waals surface area contributed by atoms with Gasteiger partial charge in [0.05, 0.1) is 16.2 Å². The molecule has 27 heavy (non-hydrogen) atoms. The molecule has 1 aromatic carbocycles. The van der Waals surface area contributed by atoms with Crippen LogP contribution in [0.2, 0.25) is 0 Å². The first-order valence-electron chi connectivity index (χ1n) is 8.93. The van der Waals surface area contributed by atoms with E-state index in [0.717, 1.165) is 18.4 Å². The molecule has 9 heteroatoms. The van der Waals surface area contributed by atoms with Crippen molar-refractivity contribution in [1.82, 2.24) is 29.4 Å². The molecule has 4 rings (SSSR count). The van der Waals surface area contributed by atoms with E-state index in [-0.39, 0.29) is 10.8 Å². The number of nitrogens with zero attached hydrogens (tertiary/aromatic N) is 6. The normalized spacial score (nSPS) is 12.9. The van der Waals surface area contributed by atoms with Crippen molar-refractivity contribution in [1.29, 1.82) is 0 Å². The minimum atomic E-state index is -0.0895. The molecule has 1 atom stereocenters. The summed E-state index contributed by atoms with van der Waals surface area (Å²) < 4.78 is 9.19. The van der Waals surface area contributed by atoms with Gasteiger partial charge in [0.1, 0.15) is 0 Å². The van der Waals surface area contributed by atoms with E-state index in [9.17, 15) is 4.79 Å². The van der Waals surface area contributed by atoms with E-state index in [0.29, 0.717) is 34.6 Å². The Bertz CT molecular complexity index is 1160. The van der Waals surface area contributed by atoms with Gasteiger partial charge in [0.25, 0.3) is 5.56 Å².